The van der Waals surface area contributed by atoms with Gasteiger partial charge in [0.25, 0.3) is 11.7 Å². The molecule has 1 atom stereocenters. The molecule has 0 saturated carbocycles. The van der Waals surface area contributed by atoms with Gasteiger partial charge in [0, 0.05) is 36.8 Å². The third-order valence-corrected chi connectivity index (χ3v) is 6.78. The van der Waals surface area contributed by atoms with E-state index in [2.05, 4.69) is 11.5 Å². The van der Waals surface area contributed by atoms with Crippen molar-refractivity contribution in [1.82, 2.24) is 9.80 Å². The second kappa shape index (κ2) is 11.7. The number of ether oxygens (including phenoxy) is 2. The van der Waals surface area contributed by atoms with Crippen LogP contribution in [0.25, 0.3) is 5.76 Å². The largest absolute Gasteiger partial charge is 0.507 e. The SMILES string of the molecule is C=CCOc1ccc(C(O)=C2C(=O)C(=O)N(CCCN3CCOCC3)[C@H]2c2ccc(Cl)cc2)c(C)c1. The second-order valence-corrected chi connectivity index (χ2v) is 9.36. The predicted molar refractivity (Wildman–Crippen MR) is 139 cm³/mol. The van der Waals surface area contributed by atoms with Crippen molar-refractivity contribution >= 4 is 29.1 Å². The molecule has 190 valence electrons. The molecule has 36 heavy (non-hydrogen) atoms. The molecule has 0 bridgehead atoms. The Hall–Kier alpha value is -3.13. The van der Waals surface area contributed by atoms with E-state index in [-0.39, 0.29) is 11.3 Å². The standard InChI is InChI=1S/C28H31ClN2O5/c1-3-15-36-22-9-10-23(19(2)18-22)26(32)24-25(20-5-7-21(29)8-6-20)31(28(34)27(24)33)12-4-11-30-13-16-35-17-14-30/h3,5-10,18,25,32H,1,4,11-17H2,2H3/t25-/m0/s1. The van der Waals surface area contributed by atoms with Crippen molar-refractivity contribution in [3.8, 4) is 5.75 Å². The van der Waals surface area contributed by atoms with Gasteiger partial charge < -0.3 is 19.5 Å². The lowest BCUT2D eigenvalue weighted by Gasteiger charge is -2.29. The van der Waals surface area contributed by atoms with Gasteiger partial charge in [-0.15, -0.1) is 0 Å². The molecular formula is C28H31ClN2O5. The van der Waals surface area contributed by atoms with Gasteiger partial charge in [0.1, 0.15) is 18.1 Å². The van der Waals surface area contributed by atoms with Gasteiger partial charge in [0.2, 0.25) is 0 Å². The van der Waals surface area contributed by atoms with Gasteiger partial charge in [-0.3, -0.25) is 14.5 Å². The van der Waals surface area contributed by atoms with Crippen molar-refractivity contribution in [2.45, 2.75) is 19.4 Å². The molecule has 2 aromatic rings. The number of carbonyl (C=O) groups excluding carboxylic acids is 2. The molecule has 1 N–H and O–H groups in total. The van der Waals surface area contributed by atoms with Crippen molar-refractivity contribution in [2.24, 2.45) is 0 Å². The van der Waals surface area contributed by atoms with E-state index in [1.807, 2.05) is 6.92 Å². The first-order valence-electron chi connectivity index (χ1n) is 12.1. The Morgan fingerprint density at radius 1 is 1.17 bits per heavy atom. The molecule has 2 aliphatic rings. The Balaban J connectivity index is 1.67. The van der Waals surface area contributed by atoms with E-state index in [9.17, 15) is 14.7 Å². The number of likely N-dealkylation sites (tertiary alicyclic amines) is 1. The van der Waals surface area contributed by atoms with E-state index in [4.69, 9.17) is 21.1 Å². The van der Waals surface area contributed by atoms with Crippen molar-refractivity contribution < 1.29 is 24.2 Å². The normalized spacial score (nSPS) is 20.1. The lowest BCUT2D eigenvalue weighted by molar-refractivity contribution is -0.140. The number of nitrogens with zero attached hydrogens (tertiary/aromatic N) is 2. The third-order valence-electron chi connectivity index (χ3n) is 6.52. The lowest BCUT2D eigenvalue weighted by atomic mass is 9.94. The number of carbonyl (C=O) groups is 2. The molecule has 0 aromatic heterocycles. The minimum Gasteiger partial charge on any atom is -0.507 e. The summed E-state index contributed by atoms with van der Waals surface area (Å²) in [5.41, 5.74) is 2.00. The van der Waals surface area contributed by atoms with Crippen LogP contribution in [0.2, 0.25) is 5.02 Å². The van der Waals surface area contributed by atoms with Crippen LogP contribution in [0.4, 0.5) is 0 Å². The van der Waals surface area contributed by atoms with Gasteiger partial charge in [0.05, 0.1) is 24.8 Å². The van der Waals surface area contributed by atoms with Gasteiger partial charge in [-0.2, -0.15) is 0 Å². The summed E-state index contributed by atoms with van der Waals surface area (Å²) >= 11 is 6.11. The van der Waals surface area contributed by atoms with E-state index in [0.717, 1.165) is 30.8 Å². The van der Waals surface area contributed by atoms with Crippen LogP contribution in [0.1, 0.15) is 29.2 Å². The minimum atomic E-state index is -0.706. The van der Waals surface area contributed by atoms with Crippen LogP contribution in [0.5, 0.6) is 5.75 Å². The lowest BCUT2D eigenvalue weighted by Crippen LogP contribution is -2.38. The monoisotopic (exact) mass is 510 g/mol. The molecule has 0 unspecified atom stereocenters. The second-order valence-electron chi connectivity index (χ2n) is 8.93. The number of halogens is 1. The molecule has 7 nitrogen and oxygen atoms in total. The first-order chi connectivity index (χ1) is 17.4. The Bertz CT molecular complexity index is 1160. The third kappa shape index (κ3) is 5.64. The highest BCUT2D eigenvalue weighted by atomic mass is 35.5. The maximum absolute atomic E-state index is 13.3. The summed E-state index contributed by atoms with van der Waals surface area (Å²) in [5.74, 6) is -0.870. The van der Waals surface area contributed by atoms with E-state index >= 15 is 0 Å². The smallest absolute Gasteiger partial charge is 0.295 e. The molecule has 0 aliphatic carbocycles. The molecule has 2 aliphatic heterocycles. The Labute approximate surface area is 216 Å². The van der Waals surface area contributed by atoms with Gasteiger partial charge in [-0.05, 0) is 54.8 Å². The van der Waals surface area contributed by atoms with Crippen LogP contribution in [-0.4, -0.2) is 72.6 Å². The average Bonchev–Trinajstić information content (AvgIpc) is 3.13. The fourth-order valence-electron chi connectivity index (χ4n) is 4.68. The summed E-state index contributed by atoms with van der Waals surface area (Å²) in [4.78, 5) is 30.3. The van der Waals surface area contributed by atoms with Crippen LogP contribution < -0.4 is 4.74 Å². The van der Waals surface area contributed by atoms with Crippen LogP contribution in [0.15, 0.2) is 60.7 Å². The molecule has 1 amide bonds. The number of aryl methyl sites for hydroxylation is 1. The van der Waals surface area contributed by atoms with Crippen LogP contribution in [0, 0.1) is 6.92 Å². The first kappa shape index (κ1) is 25.9. The number of hydrogen-bond acceptors (Lipinski definition) is 6. The summed E-state index contributed by atoms with van der Waals surface area (Å²) in [7, 11) is 0. The van der Waals surface area contributed by atoms with E-state index in [0.29, 0.717) is 49.1 Å². The maximum atomic E-state index is 13.3. The molecule has 4 rings (SSSR count). The fraction of sp³-hybridized carbons (Fsp3) is 0.357. The molecule has 2 fully saturated rings. The molecule has 2 aromatic carbocycles. The maximum Gasteiger partial charge on any atom is 0.295 e. The highest BCUT2D eigenvalue weighted by Gasteiger charge is 2.46. The predicted octanol–water partition coefficient (Wildman–Crippen LogP) is 4.36. The number of aliphatic hydroxyl groups is 1. The van der Waals surface area contributed by atoms with Crippen LogP contribution in [0.3, 0.4) is 0 Å². The number of rotatable bonds is 9. The summed E-state index contributed by atoms with van der Waals surface area (Å²) < 4.78 is 11.0. The van der Waals surface area contributed by atoms with Gasteiger partial charge in [0.15, 0.2) is 0 Å². The minimum absolute atomic E-state index is 0.0801. The molecule has 2 saturated heterocycles. The van der Waals surface area contributed by atoms with Crippen molar-refractivity contribution in [3.63, 3.8) is 0 Å². The highest BCUT2D eigenvalue weighted by molar-refractivity contribution is 6.46. The van der Waals surface area contributed by atoms with Crippen molar-refractivity contribution in [1.29, 1.82) is 0 Å². The summed E-state index contributed by atoms with van der Waals surface area (Å²) in [6.45, 7) is 10.1. The molecule has 0 radical (unpaired) electrons. The zero-order valence-electron chi connectivity index (χ0n) is 20.4. The number of benzene rings is 2. The Kier molecular flexibility index (Phi) is 8.46. The van der Waals surface area contributed by atoms with Gasteiger partial charge in [-0.25, -0.2) is 0 Å². The zero-order chi connectivity index (χ0) is 25.7. The number of ketones is 1. The first-order valence-corrected chi connectivity index (χ1v) is 12.5. The molecule has 0 spiro atoms. The van der Waals surface area contributed by atoms with Gasteiger partial charge >= 0.3 is 0 Å². The van der Waals surface area contributed by atoms with E-state index in [1.54, 1.807) is 53.4 Å². The number of hydrogen-bond donors (Lipinski definition) is 1. The summed E-state index contributed by atoms with van der Waals surface area (Å²) in [6, 6.07) is 11.5. The Morgan fingerprint density at radius 3 is 2.56 bits per heavy atom. The van der Waals surface area contributed by atoms with Crippen molar-refractivity contribution in [3.05, 3.63) is 82.4 Å². The highest BCUT2D eigenvalue weighted by Crippen LogP contribution is 2.40. The topological polar surface area (TPSA) is 79.3 Å². The van der Waals surface area contributed by atoms with Gasteiger partial charge in [-0.1, -0.05) is 36.4 Å². The van der Waals surface area contributed by atoms with Crippen molar-refractivity contribution in [2.75, 3.05) is 46.0 Å². The Morgan fingerprint density at radius 2 is 1.89 bits per heavy atom. The van der Waals surface area contributed by atoms with Crippen LogP contribution in [-0.2, 0) is 14.3 Å². The number of Topliss-reactive ketones (excluding diaryl/α,β-unsaturated/α-hetero) is 1. The summed E-state index contributed by atoms with van der Waals surface area (Å²) in [6.07, 6.45) is 2.35. The van der Waals surface area contributed by atoms with E-state index < -0.39 is 17.7 Å². The zero-order valence-corrected chi connectivity index (χ0v) is 21.2. The number of morpholine rings is 1. The average molecular weight is 511 g/mol. The molecular weight excluding hydrogens is 480 g/mol. The summed E-state index contributed by atoms with van der Waals surface area (Å²) in [5, 5.41) is 11.9. The van der Waals surface area contributed by atoms with E-state index in [1.165, 1.54) is 0 Å². The fourth-order valence-corrected chi connectivity index (χ4v) is 4.81. The number of aliphatic hydroxyl groups excluding tert-OH is 1. The number of amides is 1. The van der Waals surface area contributed by atoms with Crippen LogP contribution >= 0.6 is 11.6 Å². The quantitative estimate of drug-likeness (QED) is 0.234. The molecule has 8 heteroatoms. The molecule has 2 heterocycles.